The molecule has 1 rings (SSSR count). The zero-order valence-corrected chi connectivity index (χ0v) is 9.83. The summed E-state index contributed by atoms with van der Waals surface area (Å²) in [4.78, 5) is 13.7. The van der Waals surface area contributed by atoms with Crippen LogP contribution in [-0.4, -0.2) is 43.0 Å². The van der Waals surface area contributed by atoms with Gasteiger partial charge in [0.05, 0.1) is 6.54 Å². The Kier molecular flexibility index (Phi) is 5.05. The van der Waals surface area contributed by atoms with Gasteiger partial charge in [0, 0.05) is 19.1 Å². The number of nitrogens with zero attached hydrogens (tertiary/aromatic N) is 1. The van der Waals surface area contributed by atoms with Gasteiger partial charge in [-0.15, -0.1) is 0 Å². The molecule has 1 saturated heterocycles. The van der Waals surface area contributed by atoms with Gasteiger partial charge in [0.15, 0.2) is 0 Å². The van der Waals surface area contributed by atoms with Crippen LogP contribution in [0.2, 0.25) is 0 Å². The van der Waals surface area contributed by atoms with Gasteiger partial charge in [-0.25, -0.2) is 0 Å². The van der Waals surface area contributed by atoms with E-state index < -0.39 is 0 Å². The van der Waals surface area contributed by atoms with Crippen LogP contribution in [0, 0.1) is 5.92 Å². The summed E-state index contributed by atoms with van der Waals surface area (Å²) in [5, 5.41) is 2.83. The Labute approximate surface area is 92.2 Å². The summed E-state index contributed by atoms with van der Waals surface area (Å²) in [6, 6.07) is 0.386. The van der Waals surface area contributed by atoms with E-state index in [0.717, 1.165) is 18.9 Å². The minimum Gasteiger partial charge on any atom is -0.355 e. The molecule has 1 aliphatic rings. The minimum absolute atomic E-state index is 0.116. The molecule has 2 atom stereocenters. The van der Waals surface area contributed by atoms with E-state index in [1.807, 2.05) is 6.92 Å². The highest BCUT2D eigenvalue weighted by molar-refractivity contribution is 5.77. The quantitative estimate of drug-likeness (QED) is 0.700. The third-order valence-electron chi connectivity index (χ3n) is 3.09. The number of likely N-dealkylation sites (N-methyl/N-ethyl adjacent to an activating group) is 1. The molecule has 2 unspecified atom stereocenters. The first kappa shape index (κ1) is 12.5. The van der Waals surface area contributed by atoms with Crippen molar-refractivity contribution in [3.63, 3.8) is 0 Å². The topological polar surface area (TPSA) is 58.4 Å². The number of piperidine rings is 1. The predicted octanol–water partition coefficient (Wildman–Crippen LogP) is 0.182. The molecule has 0 aromatic rings. The van der Waals surface area contributed by atoms with E-state index in [-0.39, 0.29) is 5.91 Å². The van der Waals surface area contributed by atoms with Crippen LogP contribution in [-0.2, 0) is 4.79 Å². The average molecular weight is 213 g/mol. The lowest BCUT2D eigenvalue weighted by molar-refractivity contribution is -0.123. The molecule has 4 nitrogen and oxygen atoms in total. The first-order valence-corrected chi connectivity index (χ1v) is 5.88. The molecule has 0 saturated carbocycles. The second-order valence-electron chi connectivity index (χ2n) is 4.44. The number of carbonyl (C=O) groups is 1. The average Bonchev–Trinajstić information content (AvgIpc) is 2.21. The molecule has 0 aromatic carbocycles. The van der Waals surface area contributed by atoms with Crippen molar-refractivity contribution in [1.82, 2.24) is 10.2 Å². The predicted molar refractivity (Wildman–Crippen MR) is 61.5 cm³/mol. The number of hydrogen-bond donors (Lipinski definition) is 2. The Morgan fingerprint density at radius 1 is 1.60 bits per heavy atom. The fourth-order valence-electron chi connectivity index (χ4n) is 2.19. The number of nitrogens with two attached hydrogens (primary N) is 1. The first-order valence-electron chi connectivity index (χ1n) is 5.88. The molecule has 3 N–H and O–H groups in total. The summed E-state index contributed by atoms with van der Waals surface area (Å²) in [6.07, 6.45) is 2.30. The zero-order valence-electron chi connectivity index (χ0n) is 9.83. The SMILES string of the molecule is CCNC(=O)CN1CCC(C)CC1CN. The van der Waals surface area contributed by atoms with Gasteiger partial charge in [-0.2, -0.15) is 0 Å². The highest BCUT2D eigenvalue weighted by atomic mass is 16.2. The van der Waals surface area contributed by atoms with E-state index in [1.165, 1.54) is 6.42 Å². The molecule has 0 aromatic heterocycles. The van der Waals surface area contributed by atoms with Crippen molar-refractivity contribution < 1.29 is 4.79 Å². The number of nitrogens with one attached hydrogen (secondary N) is 1. The van der Waals surface area contributed by atoms with E-state index in [0.29, 0.717) is 25.7 Å². The van der Waals surface area contributed by atoms with Crippen LogP contribution in [0.4, 0.5) is 0 Å². The lowest BCUT2D eigenvalue weighted by Crippen LogP contribution is -2.50. The fourth-order valence-corrected chi connectivity index (χ4v) is 2.19. The maximum Gasteiger partial charge on any atom is 0.234 e. The summed E-state index contributed by atoms with van der Waals surface area (Å²) < 4.78 is 0. The maximum atomic E-state index is 11.5. The molecule has 4 heteroatoms. The summed E-state index contributed by atoms with van der Waals surface area (Å²) in [5.41, 5.74) is 5.73. The van der Waals surface area contributed by atoms with Crippen LogP contribution in [0.3, 0.4) is 0 Å². The Morgan fingerprint density at radius 2 is 2.33 bits per heavy atom. The standard InChI is InChI=1S/C11H23N3O/c1-3-13-11(15)8-14-5-4-9(2)6-10(14)7-12/h9-10H,3-8,12H2,1-2H3,(H,13,15). The van der Waals surface area contributed by atoms with E-state index in [9.17, 15) is 4.79 Å². The van der Waals surface area contributed by atoms with Crippen LogP contribution in [0.15, 0.2) is 0 Å². The van der Waals surface area contributed by atoms with Crippen molar-refractivity contribution in [2.45, 2.75) is 32.7 Å². The monoisotopic (exact) mass is 213 g/mol. The number of amides is 1. The summed E-state index contributed by atoms with van der Waals surface area (Å²) >= 11 is 0. The van der Waals surface area contributed by atoms with Crippen LogP contribution in [0.25, 0.3) is 0 Å². The number of rotatable bonds is 4. The van der Waals surface area contributed by atoms with Gasteiger partial charge in [0.1, 0.15) is 0 Å². The second kappa shape index (κ2) is 6.08. The molecule has 88 valence electrons. The van der Waals surface area contributed by atoms with Crippen molar-refractivity contribution in [2.75, 3.05) is 26.2 Å². The van der Waals surface area contributed by atoms with E-state index in [4.69, 9.17) is 5.73 Å². The first-order chi connectivity index (χ1) is 7.17. The van der Waals surface area contributed by atoms with Crippen molar-refractivity contribution in [1.29, 1.82) is 0 Å². The summed E-state index contributed by atoms with van der Waals surface area (Å²) in [6.45, 7) is 7.06. The Morgan fingerprint density at radius 3 is 2.93 bits per heavy atom. The molecule has 0 aliphatic carbocycles. The zero-order chi connectivity index (χ0) is 11.3. The number of likely N-dealkylation sites (tertiary alicyclic amines) is 1. The lowest BCUT2D eigenvalue weighted by atomic mass is 9.92. The van der Waals surface area contributed by atoms with Crippen molar-refractivity contribution in [2.24, 2.45) is 11.7 Å². The molecule has 1 aliphatic heterocycles. The molecular formula is C11H23N3O. The third kappa shape index (κ3) is 3.80. The van der Waals surface area contributed by atoms with Gasteiger partial charge in [-0.05, 0) is 32.2 Å². The molecule has 0 spiro atoms. The molecule has 1 fully saturated rings. The molecule has 15 heavy (non-hydrogen) atoms. The smallest absolute Gasteiger partial charge is 0.234 e. The van der Waals surface area contributed by atoms with Gasteiger partial charge >= 0.3 is 0 Å². The summed E-state index contributed by atoms with van der Waals surface area (Å²) in [5.74, 6) is 0.856. The number of hydrogen-bond acceptors (Lipinski definition) is 3. The fraction of sp³-hybridized carbons (Fsp3) is 0.909. The third-order valence-corrected chi connectivity index (χ3v) is 3.09. The normalized spacial score (nSPS) is 27.7. The van der Waals surface area contributed by atoms with Gasteiger partial charge in [-0.3, -0.25) is 9.69 Å². The molecule has 0 radical (unpaired) electrons. The second-order valence-corrected chi connectivity index (χ2v) is 4.44. The van der Waals surface area contributed by atoms with Gasteiger partial charge < -0.3 is 11.1 Å². The van der Waals surface area contributed by atoms with E-state index in [1.54, 1.807) is 0 Å². The van der Waals surface area contributed by atoms with Gasteiger partial charge in [0.25, 0.3) is 0 Å². The van der Waals surface area contributed by atoms with E-state index >= 15 is 0 Å². The largest absolute Gasteiger partial charge is 0.355 e. The molecule has 1 amide bonds. The highest BCUT2D eigenvalue weighted by Crippen LogP contribution is 2.21. The van der Waals surface area contributed by atoms with Crippen molar-refractivity contribution >= 4 is 5.91 Å². The highest BCUT2D eigenvalue weighted by Gasteiger charge is 2.26. The Hall–Kier alpha value is -0.610. The van der Waals surface area contributed by atoms with Crippen LogP contribution in [0.1, 0.15) is 26.7 Å². The van der Waals surface area contributed by atoms with E-state index in [2.05, 4.69) is 17.1 Å². The summed E-state index contributed by atoms with van der Waals surface area (Å²) in [7, 11) is 0. The van der Waals surface area contributed by atoms with Crippen molar-refractivity contribution in [3.8, 4) is 0 Å². The lowest BCUT2D eigenvalue weighted by Gasteiger charge is -2.37. The maximum absolute atomic E-state index is 11.5. The van der Waals surface area contributed by atoms with Crippen molar-refractivity contribution in [3.05, 3.63) is 0 Å². The Bertz CT molecular complexity index is 208. The van der Waals surface area contributed by atoms with Crippen LogP contribution < -0.4 is 11.1 Å². The minimum atomic E-state index is 0.116. The molecular weight excluding hydrogens is 190 g/mol. The Balaban J connectivity index is 2.42. The molecule has 1 heterocycles. The van der Waals surface area contributed by atoms with Gasteiger partial charge in [-0.1, -0.05) is 6.92 Å². The molecule has 0 bridgehead atoms. The van der Waals surface area contributed by atoms with Crippen LogP contribution in [0.5, 0.6) is 0 Å². The van der Waals surface area contributed by atoms with Gasteiger partial charge in [0.2, 0.25) is 5.91 Å². The number of carbonyl (C=O) groups excluding carboxylic acids is 1. The van der Waals surface area contributed by atoms with Crippen LogP contribution >= 0.6 is 0 Å².